The highest BCUT2D eigenvalue weighted by atomic mass is 16.6. The number of benzene rings is 3. The van der Waals surface area contributed by atoms with Crippen LogP contribution in [-0.2, 0) is 4.74 Å². The van der Waals surface area contributed by atoms with E-state index in [1.807, 2.05) is 6.92 Å². The Kier molecular flexibility index (Phi) is 3.69. The van der Waals surface area contributed by atoms with Crippen molar-refractivity contribution in [2.75, 3.05) is 6.54 Å². The minimum absolute atomic E-state index is 0.229. The summed E-state index contributed by atoms with van der Waals surface area (Å²) >= 11 is 0. The zero-order valence-electron chi connectivity index (χ0n) is 13.6. The number of hydrogen-bond acceptors (Lipinski definition) is 2. The molecule has 4 rings (SSSR count). The lowest BCUT2D eigenvalue weighted by molar-refractivity contribution is 0.0988. The molecule has 0 aliphatic heterocycles. The predicted octanol–water partition coefficient (Wildman–Crippen LogP) is 5.20. The molecule has 120 valence electrons. The number of nitrogens with one attached hydrogen (secondary N) is 1. The minimum atomic E-state index is -0.359. The van der Waals surface area contributed by atoms with Crippen molar-refractivity contribution in [1.29, 1.82) is 0 Å². The van der Waals surface area contributed by atoms with Gasteiger partial charge in [0, 0.05) is 18.5 Å². The van der Waals surface area contributed by atoms with Crippen molar-refractivity contribution in [2.24, 2.45) is 0 Å². The molecule has 1 atom stereocenters. The van der Waals surface area contributed by atoms with Crippen LogP contribution in [0.2, 0.25) is 0 Å². The second-order valence-electron chi connectivity index (χ2n) is 6.01. The zero-order valence-corrected chi connectivity index (χ0v) is 13.6. The molecule has 3 heteroatoms. The maximum absolute atomic E-state index is 11.8. The van der Waals surface area contributed by atoms with Gasteiger partial charge in [0.1, 0.15) is 6.10 Å². The van der Waals surface area contributed by atoms with Gasteiger partial charge in [0.25, 0.3) is 0 Å². The molecule has 1 amide bonds. The van der Waals surface area contributed by atoms with E-state index < -0.39 is 0 Å². The van der Waals surface area contributed by atoms with Crippen LogP contribution in [-0.4, -0.2) is 12.6 Å². The van der Waals surface area contributed by atoms with Crippen LogP contribution in [0.5, 0.6) is 0 Å². The van der Waals surface area contributed by atoms with Crippen LogP contribution >= 0.6 is 0 Å². The fourth-order valence-electron chi connectivity index (χ4n) is 3.46. The summed E-state index contributed by atoms with van der Waals surface area (Å²) in [6.07, 6.45) is 4.35. The van der Waals surface area contributed by atoms with E-state index in [4.69, 9.17) is 4.74 Å². The highest BCUT2D eigenvalue weighted by molar-refractivity contribution is 6.10. The molecule has 1 unspecified atom stereocenters. The molecule has 3 aromatic carbocycles. The summed E-state index contributed by atoms with van der Waals surface area (Å²) in [5.74, 6) is 0. The lowest BCUT2D eigenvalue weighted by Gasteiger charge is -2.23. The molecule has 0 heterocycles. The zero-order chi connectivity index (χ0) is 16.5. The Bertz CT molecular complexity index is 959. The summed E-state index contributed by atoms with van der Waals surface area (Å²) in [6, 6.07) is 17.0. The molecule has 0 saturated carbocycles. The maximum atomic E-state index is 11.8. The number of carbonyl (C=O) groups excluding carboxylic acids is 1. The largest absolute Gasteiger partial charge is 0.441 e. The lowest BCUT2D eigenvalue weighted by atomic mass is 9.89. The molecule has 0 bridgehead atoms. The van der Waals surface area contributed by atoms with Crippen molar-refractivity contribution < 1.29 is 9.53 Å². The summed E-state index contributed by atoms with van der Waals surface area (Å²) in [5, 5.41) is 7.62. The lowest BCUT2D eigenvalue weighted by Crippen LogP contribution is -2.26. The number of rotatable bonds is 2. The van der Waals surface area contributed by atoms with Crippen LogP contribution in [0.15, 0.2) is 54.6 Å². The molecule has 1 aliphatic rings. The molecule has 0 spiro atoms. The summed E-state index contributed by atoms with van der Waals surface area (Å²) < 4.78 is 5.59. The number of hydrogen-bond donors (Lipinski definition) is 1. The molecule has 0 aromatic heterocycles. The number of amides is 1. The van der Waals surface area contributed by atoms with Crippen LogP contribution < -0.4 is 5.32 Å². The third-order valence-electron chi connectivity index (χ3n) is 4.55. The maximum Gasteiger partial charge on any atom is 0.407 e. The smallest absolute Gasteiger partial charge is 0.407 e. The van der Waals surface area contributed by atoms with Crippen LogP contribution in [0.4, 0.5) is 4.79 Å². The first kappa shape index (κ1) is 14.8. The Morgan fingerprint density at radius 1 is 1.08 bits per heavy atom. The van der Waals surface area contributed by atoms with E-state index in [0.29, 0.717) is 13.0 Å². The van der Waals surface area contributed by atoms with Gasteiger partial charge in [-0.15, -0.1) is 0 Å². The average Bonchev–Trinajstić information content (AvgIpc) is 2.61. The molecule has 3 nitrogen and oxygen atoms in total. The van der Waals surface area contributed by atoms with E-state index in [9.17, 15) is 4.79 Å². The van der Waals surface area contributed by atoms with E-state index in [2.05, 4.69) is 66.0 Å². The molecule has 24 heavy (non-hydrogen) atoms. The monoisotopic (exact) mass is 317 g/mol. The highest BCUT2D eigenvalue weighted by Crippen LogP contribution is 2.37. The van der Waals surface area contributed by atoms with E-state index in [1.165, 1.54) is 21.5 Å². The molecular weight excluding hydrogens is 298 g/mol. The Hall–Kier alpha value is -2.81. The third-order valence-corrected chi connectivity index (χ3v) is 4.55. The Labute approximate surface area is 140 Å². The Morgan fingerprint density at radius 3 is 2.79 bits per heavy atom. The highest BCUT2D eigenvalue weighted by Gasteiger charge is 2.22. The quantitative estimate of drug-likeness (QED) is 0.660. The molecule has 3 aromatic rings. The second kappa shape index (κ2) is 6.00. The van der Waals surface area contributed by atoms with Crippen LogP contribution in [0.3, 0.4) is 0 Å². The molecule has 0 saturated heterocycles. The molecule has 1 N–H and O–H groups in total. The third kappa shape index (κ3) is 2.42. The van der Waals surface area contributed by atoms with Gasteiger partial charge in [0.05, 0.1) is 0 Å². The van der Waals surface area contributed by atoms with Crippen LogP contribution in [0.25, 0.3) is 27.6 Å². The van der Waals surface area contributed by atoms with Gasteiger partial charge >= 0.3 is 6.09 Å². The standard InChI is InChI=1S/C21H19NO2/c1-2-22-21(23)24-20-9-5-8-16-18-11-10-14-6-3-4-7-15(14)17(18)12-13-19(16)20/h3-8,10-13,20H,2,9H2,1H3,(H,22,23). The van der Waals surface area contributed by atoms with Gasteiger partial charge in [-0.1, -0.05) is 60.7 Å². The van der Waals surface area contributed by atoms with Gasteiger partial charge in [-0.3, -0.25) is 0 Å². The summed E-state index contributed by atoms with van der Waals surface area (Å²) in [5.41, 5.74) is 2.23. The minimum Gasteiger partial charge on any atom is -0.441 e. The normalized spacial score (nSPS) is 16.1. The molecule has 0 fully saturated rings. The summed E-state index contributed by atoms with van der Waals surface area (Å²) in [4.78, 5) is 11.8. The predicted molar refractivity (Wildman–Crippen MR) is 98.0 cm³/mol. The van der Waals surface area contributed by atoms with Gasteiger partial charge in [-0.05, 0) is 34.0 Å². The molecule has 1 aliphatic carbocycles. The van der Waals surface area contributed by atoms with E-state index in [-0.39, 0.29) is 12.2 Å². The van der Waals surface area contributed by atoms with Crippen LogP contribution in [0, 0.1) is 0 Å². The summed E-state index contributed by atoms with van der Waals surface area (Å²) in [7, 11) is 0. The van der Waals surface area contributed by atoms with Crippen molar-refractivity contribution in [3.05, 3.63) is 65.7 Å². The second-order valence-corrected chi connectivity index (χ2v) is 6.01. The number of alkyl carbamates (subject to hydrolysis) is 1. The first-order valence-corrected chi connectivity index (χ1v) is 8.33. The van der Waals surface area contributed by atoms with Crippen molar-refractivity contribution in [3.8, 4) is 0 Å². The van der Waals surface area contributed by atoms with E-state index >= 15 is 0 Å². The SMILES string of the molecule is CCNC(=O)OC1CC=Cc2c1ccc1c2ccc2ccccc21. The van der Waals surface area contributed by atoms with Gasteiger partial charge < -0.3 is 10.1 Å². The Morgan fingerprint density at radius 2 is 1.92 bits per heavy atom. The van der Waals surface area contributed by atoms with Crippen molar-refractivity contribution in [1.82, 2.24) is 5.32 Å². The van der Waals surface area contributed by atoms with Crippen LogP contribution in [0.1, 0.15) is 30.6 Å². The molecule has 0 radical (unpaired) electrons. The first-order chi connectivity index (χ1) is 11.8. The topological polar surface area (TPSA) is 38.3 Å². The Balaban J connectivity index is 1.84. The fraction of sp³-hybridized carbons (Fsp3) is 0.190. The van der Waals surface area contributed by atoms with Crippen molar-refractivity contribution in [3.63, 3.8) is 0 Å². The number of ether oxygens (including phenoxy) is 1. The van der Waals surface area contributed by atoms with Gasteiger partial charge in [0.2, 0.25) is 0 Å². The summed E-state index contributed by atoms with van der Waals surface area (Å²) in [6.45, 7) is 2.45. The first-order valence-electron chi connectivity index (χ1n) is 8.33. The number of fused-ring (bicyclic) bond motifs is 5. The van der Waals surface area contributed by atoms with E-state index in [0.717, 1.165) is 11.1 Å². The number of carbonyl (C=O) groups is 1. The fourth-order valence-corrected chi connectivity index (χ4v) is 3.46. The molecular formula is C21H19NO2. The van der Waals surface area contributed by atoms with Gasteiger partial charge in [0.15, 0.2) is 0 Å². The van der Waals surface area contributed by atoms with E-state index in [1.54, 1.807) is 0 Å². The van der Waals surface area contributed by atoms with Crippen molar-refractivity contribution >= 4 is 33.7 Å². The van der Waals surface area contributed by atoms with Crippen molar-refractivity contribution in [2.45, 2.75) is 19.4 Å². The van der Waals surface area contributed by atoms with Gasteiger partial charge in [-0.2, -0.15) is 0 Å². The average molecular weight is 317 g/mol. The van der Waals surface area contributed by atoms with Gasteiger partial charge in [-0.25, -0.2) is 4.79 Å².